The van der Waals surface area contributed by atoms with E-state index in [0.29, 0.717) is 5.92 Å². The molecule has 1 saturated carbocycles. The van der Waals surface area contributed by atoms with Gasteiger partial charge in [0.15, 0.2) is 0 Å². The Bertz CT molecular complexity index is 375. The van der Waals surface area contributed by atoms with Gasteiger partial charge in [-0.15, -0.1) is 0 Å². The second-order valence-corrected chi connectivity index (χ2v) is 6.47. The highest BCUT2D eigenvalue weighted by Crippen LogP contribution is 2.39. The highest BCUT2D eigenvalue weighted by atomic mass is 14.7. The molecule has 1 heteroatoms. The van der Waals surface area contributed by atoms with Crippen LogP contribution in [-0.4, -0.2) is 4.98 Å². The molecule has 2 rings (SSSR count). The van der Waals surface area contributed by atoms with Crippen LogP contribution in [0, 0.1) is 24.7 Å². The van der Waals surface area contributed by atoms with Crippen LogP contribution in [0.2, 0.25) is 0 Å². The smallest absolute Gasteiger partial charge is 0.0437 e. The van der Waals surface area contributed by atoms with Gasteiger partial charge >= 0.3 is 0 Å². The largest absolute Gasteiger partial charge is 0.261 e. The van der Waals surface area contributed by atoms with Crippen molar-refractivity contribution >= 4 is 0 Å². The van der Waals surface area contributed by atoms with Crippen molar-refractivity contribution in [3.05, 3.63) is 29.6 Å². The Labute approximate surface area is 112 Å². The van der Waals surface area contributed by atoms with Gasteiger partial charge in [0.2, 0.25) is 0 Å². The summed E-state index contributed by atoms with van der Waals surface area (Å²) in [7, 11) is 0. The lowest BCUT2D eigenvalue weighted by Gasteiger charge is -2.34. The van der Waals surface area contributed by atoms with E-state index in [1.54, 1.807) is 0 Å². The molecular weight excluding hydrogens is 218 g/mol. The predicted molar refractivity (Wildman–Crippen MR) is 77.7 cm³/mol. The fourth-order valence-corrected chi connectivity index (χ4v) is 3.36. The number of hydrogen-bond donors (Lipinski definition) is 0. The molecule has 0 saturated heterocycles. The molecule has 1 aromatic heterocycles. The lowest BCUT2D eigenvalue weighted by atomic mass is 9.72. The molecule has 1 aliphatic rings. The van der Waals surface area contributed by atoms with Crippen LogP contribution in [0.4, 0.5) is 0 Å². The summed E-state index contributed by atoms with van der Waals surface area (Å²) >= 11 is 0. The van der Waals surface area contributed by atoms with Crippen LogP contribution in [0.1, 0.15) is 63.6 Å². The number of rotatable bonds is 3. The summed E-state index contributed by atoms with van der Waals surface area (Å²) in [5.74, 6) is 3.28. The molecule has 0 aromatic carbocycles. The first-order chi connectivity index (χ1) is 8.58. The first-order valence-corrected chi connectivity index (χ1v) is 7.50. The molecule has 0 N–H and O–H groups in total. The van der Waals surface area contributed by atoms with Crippen LogP contribution in [0.3, 0.4) is 0 Å². The molecule has 1 aromatic rings. The third-order valence-electron chi connectivity index (χ3n) is 4.87. The molecule has 1 aliphatic carbocycles. The molecule has 0 spiro atoms. The molecular formula is C17H27N. The first kappa shape index (κ1) is 13.6. The van der Waals surface area contributed by atoms with Gasteiger partial charge in [-0.25, -0.2) is 0 Å². The highest BCUT2D eigenvalue weighted by molar-refractivity contribution is 5.18. The van der Waals surface area contributed by atoms with E-state index in [4.69, 9.17) is 0 Å². The minimum Gasteiger partial charge on any atom is -0.261 e. The van der Waals surface area contributed by atoms with E-state index in [-0.39, 0.29) is 0 Å². The lowest BCUT2D eigenvalue weighted by Crippen LogP contribution is -2.22. The third kappa shape index (κ3) is 3.13. The van der Waals surface area contributed by atoms with Gasteiger partial charge < -0.3 is 0 Å². The number of hydrogen-bond acceptors (Lipinski definition) is 1. The standard InChI is InChI=1S/C17H27N/c1-12(2)15-5-7-16(8-6-15)14(4)17-11-13(3)9-10-18-17/h9-12,14-16H,5-8H2,1-4H3/t14-,15?,16?/m0/s1. The minimum atomic E-state index is 0.623. The van der Waals surface area contributed by atoms with Crippen molar-refractivity contribution in [3.63, 3.8) is 0 Å². The highest BCUT2D eigenvalue weighted by Gasteiger charge is 2.27. The summed E-state index contributed by atoms with van der Waals surface area (Å²) in [5, 5.41) is 0. The third-order valence-corrected chi connectivity index (χ3v) is 4.87. The summed E-state index contributed by atoms with van der Waals surface area (Å²) in [6, 6.07) is 4.35. The number of nitrogens with zero attached hydrogens (tertiary/aromatic N) is 1. The second kappa shape index (κ2) is 5.86. The Kier molecular flexibility index (Phi) is 4.42. The van der Waals surface area contributed by atoms with E-state index in [9.17, 15) is 0 Å². The van der Waals surface area contributed by atoms with Crippen molar-refractivity contribution in [1.29, 1.82) is 0 Å². The van der Waals surface area contributed by atoms with Crippen molar-refractivity contribution in [2.75, 3.05) is 0 Å². The summed E-state index contributed by atoms with van der Waals surface area (Å²) < 4.78 is 0. The van der Waals surface area contributed by atoms with Crippen LogP contribution < -0.4 is 0 Å². The fraction of sp³-hybridized carbons (Fsp3) is 0.706. The van der Waals surface area contributed by atoms with Gasteiger partial charge in [-0.1, -0.05) is 20.8 Å². The van der Waals surface area contributed by atoms with E-state index >= 15 is 0 Å². The van der Waals surface area contributed by atoms with Gasteiger partial charge in [-0.2, -0.15) is 0 Å². The maximum absolute atomic E-state index is 4.57. The molecule has 1 nitrogen and oxygen atoms in total. The number of pyridine rings is 1. The molecule has 0 amide bonds. The topological polar surface area (TPSA) is 12.9 Å². The monoisotopic (exact) mass is 245 g/mol. The van der Waals surface area contributed by atoms with Gasteiger partial charge in [0.1, 0.15) is 0 Å². The number of aromatic nitrogens is 1. The van der Waals surface area contributed by atoms with Crippen molar-refractivity contribution in [2.45, 2.75) is 59.3 Å². The van der Waals surface area contributed by atoms with Gasteiger partial charge in [-0.3, -0.25) is 4.98 Å². The normalized spacial score (nSPS) is 26.3. The van der Waals surface area contributed by atoms with Crippen molar-refractivity contribution in [1.82, 2.24) is 4.98 Å². The predicted octanol–water partition coefficient (Wildman–Crippen LogP) is 4.96. The Hall–Kier alpha value is -0.850. The van der Waals surface area contributed by atoms with E-state index in [1.807, 2.05) is 6.20 Å². The summed E-state index contributed by atoms with van der Waals surface area (Å²) in [6.45, 7) is 9.27. The van der Waals surface area contributed by atoms with E-state index in [2.05, 4.69) is 44.8 Å². The fourth-order valence-electron chi connectivity index (χ4n) is 3.36. The van der Waals surface area contributed by atoms with Gasteiger partial charge in [0, 0.05) is 17.8 Å². The van der Waals surface area contributed by atoms with Crippen LogP contribution in [0.25, 0.3) is 0 Å². The summed E-state index contributed by atoms with van der Waals surface area (Å²) in [4.78, 5) is 4.57. The van der Waals surface area contributed by atoms with Crippen LogP contribution >= 0.6 is 0 Å². The van der Waals surface area contributed by atoms with Gasteiger partial charge in [0.05, 0.1) is 0 Å². The zero-order valence-corrected chi connectivity index (χ0v) is 12.3. The van der Waals surface area contributed by atoms with Crippen LogP contribution in [0.15, 0.2) is 18.3 Å². The molecule has 0 bridgehead atoms. The quantitative estimate of drug-likeness (QED) is 0.733. The van der Waals surface area contributed by atoms with Crippen molar-refractivity contribution in [2.24, 2.45) is 17.8 Å². The lowest BCUT2D eigenvalue weighted by molar-refractivity contribution is 0.206. The van der Waals surface area contributed by atoms with E-state index in [1.165, 1.54) is 36.9 Å². The van der Waals surface area contributed by atoms with Crippen LogP contribution in [-0.2, 0) is 0 Å². The molecule has 1 fully saturated rings. The summed E-state index contributed by atoms with van der Waals surface area (Å²) in [6.07, 6.45) is 7.57. The zero-order chi connectivity index (χ0) is 13.1. The van der Waals surface area contributed by atoms with E-state index < -0.39 is 0 Å². The SMILES string of the molecule is Cc1ccnc([C@@H](C)C2CCC(C(C)C)CC2)c1. The molecule has 18 heavy (non-hydrogen) atoms. The Balaban J connectivity index is 1.97. The molecule has 0 radical (unpaired) electrons. The molecule has 0 aliphatic heterocycles. The first-order valence-electron chi connectivity index (χ1n) is 7.50. The average molecular weight is 245 g/mol. The minimum absolute atomic E-state index is 0.623. The molecule has 0 unspecified atom stereocenters. The molecule has 100 valence electrons. The van der Waals surface area contributed by atoms with Crippen molar-refractivity contribution in [3.8, 4) is 0 Å². The number of aryl methyl sites for hydroxylation is 1. The maximum atomic E-state index is 4.57. The Morgan fingerprint density at radius 1 is 1.06 bits per heavy atom. The van der Waals surface area contributed by atoms with Crippen molar-refractivity contribution < 1.29 is 0 Å². The second-order valence-electron chi connectivity index (χ2n) is 6.47. The Morgan fingerprint density at radius 2 is 1.67 bits per heavy atom. The summed E-state index contributed by atoms with van der Waals surface area (Å²) in [5.41, 5.74) is 2.63. The van der Waals surface area contributed by atoms with Crippen LogP contribution in [0.5, 0.6) is 0 Å². The van der Waals surface area contributed by atoms with Gasteiger partial charge in [0.25, 0.3) is 0 Å². The molecule has 1 heterocycles. The zero-order valence-electron chi connectivity index (χ0n) is 12.3. The Morgan fingerprint density at radius 3 is 2.22 bits per heavy atom. The maximum Gasteiger partial charge on any atom is 0.0437 e. The van der Waals surface area contributed by atoms with Gasteiger partial charge in [-0.05, 0) is 68.1 Å². The average Bonchev–Trinajstić information content (AvgIpc) is 2.38. The van der Waals surface area contributed by atoms with E-state index in [0.717, 1.165) is 17.8 Å². The molecule has 1 atom stereocenters.